The first-order valence-corrected chi connectivity index (χ1v) is 32.6. The Bertz CT molecular complexity index is 1840. The summed E-state index contributed by atoms with van der Waals surface area (Å²) in [5.41, 5.74) is 0.690. The minimum absolute atomic E-state index is 0.237. The Hall–Kier alpha value is -1.41. The summed E-state index contributed by atoms with van der Waals surface area (Å²) >= 11 is 0. The van der Waals surface area contributed by atoms with E-state index in [-0.39, 0.29) is 12.8 Å². The van der Waals surface area contributed by atoms with Gasteiger partial charge in [0.15, 0.2) is 0 Å². The number of hydrogen-bond donors (Lipinski definition) is 5. The number of aliphatic hydroxyl groups excluding tert-OH is 1. The van der Waals surface area contributed by atoms with Crippen LogP contribution in [0.4, 0.5) is 0 Å². The molecule has 0 aromatic heterocycles. The van der Waals surface area contributed by atoms with Gasteiger partial charge in [-0.3, -0.25) is 23.0 Å². The van der Waals surface area contributed by atoms with Crippen molar-refractivity contribution in [3.63, 3.8) is 0 Å². The van der Waals surface area contributed by atoms with Crippen LogP contribution in [0, 0.1) is 0 Å². The summed E-state index contributed by atoms with van der Waals surface area (Å²) in [6, 6.07) is 0. The van der Waals surface area contributed by atoms with Crippen molar-refractivity contribution >= 4 is 47.9 Å². The van der Waals surface area contributed by atoms with Crippen molar-refractivity contribution in [2.75, 3.05) is 0 Å². The second kappa shape index (κ2) is 43.7. The van der Waals surface area contributed by atoms with Crippen LogP contribution in [-0.4, -0.2) is 93.8 Å². The molecule has 0 aromatic rings. The van der Waals surface area contributed by atoms with Gasteiger partial charge in [0.2, 0.25) is 0 Å². The van der Waals surface area contributed by atoms with E-state index in [0.717, 1.165) is 167 Å². The molecular weight excluding hydrogens is 1020 g/mol. The molecule has 0 radical (unpaired) electrons. The number of aldehydes is 1. The molecule has 0 rings (SSSR count). The van der Waals surface area contributed by atoms with Crippen LogP contribution in [0.15, 0.2) is 23.8 Å². The van der Waals surface area contributed by atoms with E-state index in [4.69, 9.17) is 25.8 Å². The molecule has 0 saturated carbocycles. The highest BCUT2D eigenvalue weighted by Gasteiger charge is 2.25. The van der Waals surface area contributed by atoms with E-state index in [1.165, 1.54) is 0 Å². The highest BCUT2D eigenvalue weighted by Crippen LogP contribution is 2.23. The first kappa shape index (κ1) is 70.6. The Labute approximate surface area is 436 Å². The van der Waals surface area contributed by atoms with Gasteiger partial charge in [0.05, 0.1) is 24.4 Å². The smallest absolute Gasteiger partial charge is 0.390 e. The van der Waals surface area contributed by atoms with Gasteiger partial charge in [-0.25, -0.2) is 16.7 Å². The third-order valence-electron chi connectivity index (χ3n) is 12.7. The van der Waals surface area contributed by atoms with Gasteiger partial charge in [-0.1, -0.05) is 186 Å². The molecule has 0 aliphatic heterocycles. The van der Waals surface area contributed by atoms with E-state index in [9.17, 15) is 52.7 Å². The number of carbonyl (C=O) groups is 1. The second-order valence-electron chi connectivity index (χ2n) is 19.3. The van der Waals surface area contributed by atoms with Gasteiger partial charge < -0.3 is 5.11 Å². The van der Waals surface area contributed by atoms with Gasteiger partial charge in [0.1, 0.15) is 12.4 Å². The highest BCUT2D eigenvalue weighted by molar-refractivity contribution is 7.81. The van der Waals surface area contributed by atoms with Crippen molar-refractivity contribution in [2.45, 2.75) is 288 Å². The van der Waals surface area contributed by atoms with Crippen LogP contribution >= 0.6 is 0 Å². The Morgan fingerprint density at radius 1 is 0.389 bits per heavy atom. The monoisotopic (exact) mass is 1110 g/mol. The van der Waals surface area contributed by atoms with Crippen molar-refractivity contribution in [1.29, 1.82) is 0 Å². The topological polar surface area (TPSA) is 292 Å². The summed E-state index contributed by atoms with van der Waals surface area (Å²) in [7, 11) is -18.4. The molecular formula is C50H96O18S4. The molecule has 5 N–H and O–H groups in total. The molecule has 5 atom stereocenters. The van der Waals surface area contributed by atoms with Gasteiger partial charge in [0.25, 0.3) is 0 Å². The molecule has 0 aromatic carbocycles. The molecule has 72 heavy (non-hydrogen) atoms. The van der Waals surface area contributed by atoms with Gasteiger partial charge in [-0.2, -0.15) is 33.7 Å². The maximum Gasteiger partial charge on any atom is 0.397 e. The maximum atomic E-state index is 11.7. The lowest BCUT2D eigenvalue weighted by atomic mass is 10.00. The van der Waals surface area contributed by atoms with Gasteiger partial charge in [-0.15, -0.1) is 0 Å². The zero-order chi connectivity index (χ0) is 54.0. The van der Waals surface area contributed by atoms with Crippen LogP contribution in [-0.2, 0) is 63.1 Å². The normalized spacial score (nSPS) is 15.2. The van der Waals surface area contributed by atoms with Crippen molar-refractivity contribution in [1.82, 2.24) is 0 Å². The molecule has 0 bridgehead atoms. The molecule has 0 aliphatic rings. The number of unbranched alkanes of at least 4 members (excludes halogenated alkanes) is 22. The molecule has 428 valence electrons. The van der Waals surface area contributed by atoms with Crippen molar-refractivity contribution in [2.24, 2.45) is 0 Å². The number of aliphatic hydroxyl groups is 1. The fraction of sp³-hybridized carbons (Fsp3) is 0.900. The highest BCUT2D eigenvalue weighted by atomic mass is 32.3. The van der Waals surface area contributed by atoms with E-state index in [1.807, 2.05) is 18.2 Å². The van der Waals surface area contributed by atoms with Crippen molar-refractivity contribution in [3.05, 3.63) is 23.8 Å². The molecule has 0 aliphatic carbocycles. The molecule has 0 amide bonds. The summed E-state index contributed by atoms with van der Waals surface area (Å²) in [4.78, 5) is 11.7. The predicted octanol–water partition coefficient (Wildman–Crippen LogP) is 12.6. The Morgan fingerprint density at radius 3 is 1.06 bits per heavy atom. The average molecular weight is 1110 g/mol. The SMILES string of the molecule is CCCCCCC(CCCCCCCCCC(CCCCCC(C=O)=CCCCC=CCCC(O)C(CCCCCCCCCC(CCCCCC)OS(=O)(=O)O)OS(=O)(=O)O)OS(=O)(=O)O)OS(=O)(=O)O. The number of rotatable bonds is 53. The Morgan fingerprint density at radius 2 is 0.708 bits per heavy atom. The third kappa shape index (κ3) is 49.5. The van der Waals surface area contributed by atoms with Crippen LogP contribution in [0.1, 0.15) is 258 Å². The minimum atomic E-state index is -4.76. The van der Waals surface area contributed by atoms with Crippen LogP contribution in [0.3, 0.4) is 0 Å². The molecule has 0 heterocycles. The summed E-state index contributed by atoms with van der Waals surface area (Å²) in [6.07, 6.45) is 31.7. The minimum Gasteiger partial charge on any atom is -0.390 e. The number of allylic oxidation sites excluding steroid dienone is 4. The lowest BCUT2D eigenvalue weighted by Crippen LogP contribution is -2.31. The quantitative estimate of drug-likeness (QED) is 0.0124. The Kier molecular flexibility index (Phi) is 42.8. The molecule has 18 nitrogen and oxygen atoms in total. The lowest BCUT2D eigenvalue weighted by molar-refractivity contribution is -0.105. The van der Waals surface area contributed by atoms with E-state index >= 15 is 0 Å². The summed E-state index contributed by atoms with van der Waals surface area (Å²) < 4.78 is 147. The zero-order valence-electron chi connectivity index (χ0n) is 43.7. The number of hydrogen-bond acceptors (Lipinski definition) is 14. The molecule has 0 fully saturated rings. The van der Waals surface area contributed by atoms with Gasteiger partial charge in [-0.05, 0) is 95.5 Å². The lowest BCUT2D eigenvalue weighted by Gasteiger charge is -2.21. The fourth-order valence-corrected chi connectivity index (χ4v) is 11.0. The number of carbonyl (C=O) groups excluding carboxylic acids is 1. The van der Waals surface area contributed by atoms with Gasteiger partial charge >= 0.3 is 41.6 Å². The van der Waals surface area contributed by atoms with E-state index < -0.39 is 72.1 Å². The van der Waals surface area contributed by atoms with Crippen molar-refractivity contribution < 1.29 is 78.5 Å². The second-order valence-corrected chi connectivity index (χ2v) is 23.5. The third-order valence-corrected chi connectivity index (χ3v) is 14.7. The standard InChI is InChI=1S/C50H96O18S4/c1-3-5-7-26-36-46(65-69(53,54)55)38-28-18-11-9-12-19-30-40-48(67-71(59,60)61)41-31-23-25-35-45(44-51)34-24-17-15-16-21-32-42-49(52)50(68-72(62,63)64)43-33-22-14-10-13-20-29-39-47(66-70(56,57)58)37-27-8-6-4-2/h16,21,34,44,46-50,52H,3-15,17-20,22-33,35-43H2,1-2H3,(H,53,54,55)(H,56,57,58)(H,59,60,61)(H,62,63,64). The summed E-state index contributed by atoms with van der Waals surface area (Å²) in [5, 5.41) is 10.7. The summed E-state index contributed by atoms with van der Waals surface area (Å²) in [5.74, 6) is 0. The van der Waals surface area contributed by atoms with E-state index in [2.05, 4.69) is 13.8 Å². The average Bonchev–Trinajstić information content (AvgIpc) is 3.28. The molecule has 5 unspecified atom stereocenters. The van der Waals surface area contributed by atoms with Crippen molar-refractivity contribution in [3.8, 4) is 0 Å². The first-order valence-electron chi connectivity index (χ1n) is 27.2. The Balaban J connectivity index is 4.44. The summed E-state index contributed by atoms with van der Waals surface area (Å²) in [6.45, 7) is 4.19. The van der Waals surface area contributed by atoms with Gasteiger partial charge in [0, 0.05) is 0 Å². The van der Waals surface area contributed by atoms with Crippen LogP contribution in [0.25, 0.3) is 0 Å². The predicted molar refractivity (Wildman–Crippen MR) is 282 cm³/mol. The van der Waals surface area contributed by atoms with Crippen LogP contribution in [0.2, 0.25) is 0 Å². The van der Waals surface area contributed by atoms with Crippen LogP contribution < -0.4 is 0 Å². The zero-order valence-corrected chi connectivity index (χ0v) is 47.0. The van der Waals surface area contributed by atoms with E-state index in [0.29, 0.717) is 76.2 Å². The molecule has 0 saturated heterocycles. The van der Waals surface area contributed by atoms with E-state index in [1.54, 1.807) is 0 Å². The molecule has 0 spiro atoms. The molecule has 22 heteroatoms. The first-order chi connectivity index (χ1) is 34.1. The van der Waals surface area contributed by atoms with Crippen LogP contribution in [0.5, 0.6) is 0 Å². The largest absolute Gasteiger partial charge is 0.397 e. The maximum absolute atomic E-state index is 11.7. The fourth-order valence-electron chi connectivity index (χ4n) is 8.82.